The first-order valence-electron chi connectivity index (χ1n) is 12.3. The second-order valence-corrected chi connectivity index (χ2v) is 9.20. The molecule has 0 saturated heterocycles. The molecule has 0 amide bonds. The lowest BCUT2D eigenvalue weighted by molar-refractivity contribution is 0.880. The summed E-state index contributed by atoms with van der Waals surface area (Å²) in [5.74, 6) is 0. The van der Waals surface area contributed by atoms with Crippen molar-refractivity contribution in [1.82, 2.24) is 19.7 Å². The molecule has 5 heteroatoms. The topological polar surface area (TPSA) is 46.8 Å². The first-order chi connectivity index (χ1) is 18.3. The summed E-state index contributed by atoms with van der Waals surface area (Å²) in [5, 5.41) is 4.58. The molecule has 3 aromatic carbocycles. The molecule has 0 bridgehead atoms. The molecule has 0 saturated carbocycles. The summed E-state index contributed by atoms with van der Waals surface area (Å²) in [4.78, 5) is 11.4. The van der Waals surface area contributed by atoms with E-state index in [9.17, 15) is 0 Å². The highest BCUT2D eigenvalue weighted by molar-refractivity contribution is 6.02. The molecule has 0 N–H and O–H groups in total. The molecule has 0 aliphatic carbocycles. The lowest BCUT2D eigenvalue weighted by atomic mass is 9.96. The number of hydrogen-bond acceptors (Lipinski definition) is 4. The lowest BCUT2D eigenvalue weighted by Crippen LogP contribution is -2.12. The minimum absolute atomic E-state index is 0.945. The molecule has 0 spiro atoms. The summed E-state index contributed by atoms with van der Waals surface area (Å²) in [7, 11) is 0. The first kappa shape index (κ1) is 21.3. The third kappa shape index (κ3) is 3.60. The average molecular weight is 478 g/mol. The van der Waals surface area contributed by atoms with Crippen LogP contribution in [0.1, 0.15) is 5.56 Å². The van der Waals surface area contributed by atoms with E-state index in [-0.39, 0.29) is 0 Å². The van der Waals surface area contributed by atoms with E-state index >= 15 is 0 Å². The third-order valence-electron chi connectivity index (χ3n) is 6.81. The minimum atomic E-state index is 0.945. The summed E-state index contributed by atoms with van der Waals surface area (Å²) >= 11 is 0. The maximum Gasteiger partial charge on any atom is 0.0702 e. The Balaban J connectivity index is 1.52. The molecule has 7 rings (SSSR count). The van der Waals surface area contributed by atoms with Crippen molar-refractivity contribution in [2.24, 2.45) is 0 Å². The number of hydrogen-bond donors (Lipinski definition) is 0. The van der Waals surface area contributed by atoms with Gasteiger partial charge in [-0.15, -0.1) is 0 Å². The predicted molar refractivity (Wildman–Crippen MR) is 148 cm³/mol. The van der Waals surface area contributed by atoms with Gasteiger partial charge < -0.3 is 4.90 Å². The number of aryl methyl sites for hydroxylation is 1. The van der Waals surface area contributed by atoms with Gasteiger partial charge in [0.1, 0.15) is 0 Å². The Labute approximate surface area is 215 Å². The van der Waals surface area contributed by atoms with Crippen LogP contribution in [-0.4, -0.2) is 19.7 Å². The van der Waals surface area contributed by atoms with E-state index in [1.807, 2.05) is 47.7 Å². The van der Waals surface area contributed by atoms with E-state index in [2.05, 4.69) is 106 Å². The Hall–Kier alpha value is -5.03. The van der Waals surface area contributed by atoms with E-state index in [0.29, 0.717) is 0 Å². The fourth-order valence-corrected chi connectivity index (χ4v) is 5.12. The Kier molecular flexibility index (Phi) is 4.93. The third-order valence-corrected chi connectivity index (χ3v) is 6.81. The Morgan fingerprint density at radius 3 is 2.38 bits per heavy atom. The molecular weight excluding hydrogens is 454 g/mol. The van der Waals surface area contributed by atoms with Crippen LogP contribution in [-0.2, 0) is 0 Å². The number of aromatic nitrogens is 4. The van der Waals surface area contributed by atoms with Crippen LogP contribution < -0.4 is 4.90 Å². The minimum Gasteiger partial charge on any atom is -0.309 e. The molecule has 1 aliphatic rings. The molecule has 1 aliphatic heterocycles. The van der Waals surface area contributed by atoms with E-state index in [4.69, 9.17) is 0 Å². The van der Waals surface area contributed by atoms with Crippen molar-refractivity contribution in [1.29, 1.82) is 0 Å². The summed E-state index contributed by atoms with van der Waals surface area (Å²) in [5.41, 5.74) is 11.9. The Bertz CT molecular complexity index is 1750. The van der Waals surface area contributed by atoms with E-state index in [0.717, 1.165) is 61.8 Å². The highest BCUT2D eigenvalue weighted by Gasteiger charge is 2.26. The smallest absolute Gasteiger partial charge is 0.0702 e. The molecule has 0 unspecified atom stereocenters. The van der Waals surface area contributed by atoms with Gasteiger partial charge in [-0.1, -0.05) is 42.5 Å². The molecular formula is C32H23N5. The normalized spacial score (nSPS) is 11.9. The second-order valence-electron chi connectivity index (χ2n) is 9.20. The molecule has 176 valence electrons. The van der Waals surface area contributed by atoms with Crippen LogP contribution in [0.3, 0.4) is 0 Å². The molecule has 0 atom stereocenters. The zero-order valence-electron chi connectivity index (χ0n) is 20.3. The summed E-state index contributed by atoms with van der Waals surface area (Å²) in [6, 6.07) is 31.8. The van der Waals surface area contributed by atoms with Crippen molar-refractivity contribution in [3.8, 4) is 39.2 Å². The molecule has 5 nitrogen and oxygen atoms in total. The van der Waals surface area contributed by atoms with Crippen molar-refractivity contribution in [2.75, 3.05) is 4.90 Å². The Morgan fingerprint density at radius 1 is 0.622 bits per heavy atom. The number of anilines is 3. The zero-order chi connectivity index (χ0) is 24.8. The van der Waals surface area contributed by atoms with Crippen molar-refractivity contribution in [3.05, 3.63) is 128 Å². The maximum atomic E-state index is 4.59. The van der Waals surface area contributed by atoms with Crippen LogP contribution in [0.25, 0.3) is 39.2 Å². The van der Waals surface area contributed by atoms with Gasteiger partial charge in [-0.05, 0) is 66.6 Å². The maximum absolute atomic E-state index is 4.59. The van der Waals surface area contributed by atoms with E-state index in [1.54, 1.807) is 0 Å². The van der Waals surface area contributed by atoms with Gasteiger partial charge in [0.05, 0.1) is 29.0 Å². The molecule has 0 fully saturated rings. The number of benzene rings is 3. The monoisotopic (exact) mass is 477 g/mol. The summed E-state index contributed by atoms with van der Waals surface area (Å²) in [6.45, 7) is 2.06. The van der Waals surface area contributed by atoms with Crippen molar-refractivity contribution in [2.45, 2.75) is 6.92 Å². The van der Waals surface area contributed by atoms with Crippen LogP contribution in [0.5, 0.6) is 0 Å². The van der Waals surface area contributed by atoms with Gasteiger partial charge in [-0.25, -0.2) is 4.68 Å². The highest BCUT2D eigenvalue weighted by atomic mass is 15.3. The molecule has 3 aromatic heterocycles. The zero-order valence-corrected chi connectivity index (χ0v) is 20.3. The van der Waals surface area contributed by atoms with Crippen molar-refractivity contribution >= 4 is 17.1 Å². The summed E-state index contributed by atoms with van der Waals surface area (Å²) < 4.78 is 1.93. The number of nitrogens with zero attached hydrogens (tertiary/aromatic N) is 5. The van der Waals surface area contributed by atoms with Gasteiger partial charge in [0.15, 0.2) is 0 Å². The molecule has 6 aromatic rings. The van der Waals surface area contributed by atoms with Gasteiger partial charge in [-0.2, -0.15) is 5.10 Å². The fourth-order valence-electron chi connectivity index (χ4n) is 5.12. The van der Waals surface area contributed by atoms with Gasteiger partial charge in [0, 0.05) is 52.7 Å². The van der Waals surface area contributed by atoms with Crippen LogP contribution in [0.2, 0.25) is 0 Å². The van der Waals surface area contributed by atoms with Crippen LogP contribution in [0, 0.1) is 6.92 Å². The van der Waals surface area contributed by atoms with Crippen molar-refractivity contribution < 1.29 is 0 Å². The van der Waals surface area contributed by atoms with Crippen molar-refractivity contribution in [3.63, 3.8) is 0 Å². The molecule has 4 heterocycles. The standard InChI is InChI=1S/C32H23N5/c1-22-19-35-36(21-22)24-12-13-28-26-14-16-33-20-29(26)27-9-2-3-11-31(27)37(32(28)18-24)25-8-6-7-23(17-25)30-10-4-5-15-34-30/h2-21H,1H3. The number of para-hydroxylation sites is 1. The highest BCUT2D eigenvalue weighted by Crippen LogP contribution is 2.51. The van der Waals surface area contributed by atoms with Crippen LogP contribution in [0.4, 0.5) is 17.1 Å². The Morgan fingerprint density at radius 2 is 1.51 bits per heavy atom. The second kappa shape index (κ2) is 8.57. The number of rotatable bonds is 3. The van der Waals surface area contributed by atoms with Gasteiger partial charge in [0.25, 0.3) is 0 Å². The van der Waals surface area contributed by atoms with E-state index < -0.39 is 0 Å². The fraction of sp³-hybridized carbons (Fsp3) is 0.0312. The average Bonchev–Trinajstić information content (AvgIpc) is 3.35. The largest absolute Gasteiger partial charge is 0.309 e. The van der Waals surface area contributed by atoms with Gasteiger partial charge >= 0.3 is 0 Å². The molecule has 37 heavy (non-hydrogen) atoms. The molecule has 0 radical (unpaired) electrons. The quantitative estimate of drug-likeness (QED) is 0.261. The summed E-state index contributed by atoms with van der Waals surface area (Å²) in [6.07, 6.45) is 9.61. The van der Waals surface area contributed by atoms with Crippen LogP contribution in [0.15, 0.2) is 122 Å². The van der Waals surface area contributed by atoms with E-state index in [1.165, 1.54) is 0 Å². The first-order valence-corrected chi connectivity index (χ1v) is 12.3. The number of fused-ring (bicyclic) bond motifs is 5. The van der Waals surface area contributed by atoms with Gasteiger partial charge in [0.2, 0.25) is 0 Å². The van der Waals surface area contributed by atoms with Crippen LogP contribution >= 0.6 is 0 Å². The SMILES string of the molecule is Cc1cnn(-c2ccc3c(c2)N(c2cccc(-c4ccccn4)c2)c2ccccc2-c2cnccc2-3)c1. The number of pyridine rings is 2. The lowest BCUT2D eigenvalue weighted by Gasteiger charge is -2.28. The van der Waals surface area contributed by atoms with Gasteiger partial charge in [-0.3, -0.25) is 9.97 Å². The predicted octanol–water partition coefficient (Wildman–Crippen LogP) is 7.75.